The molecule has 0 aliphatic heterocycles. The van der Waals surface area contributed by atoms with E-state index in [0.29, 0.717) is 25.3 Å². The number of nitrogens with one attached hydrogen (secondary N) is 2. The average Bonchev–Trinajstić information content (AvgIpc) is 3.00. The molecule has 5 aliphatic carbocycles. The molecule has 5 saturated carbocycles. The first kappa shape index (κ1) is 36.6. The SMILES string of the molecule is CC(=O)NC1CC(N=NC2C(O)C3CCC(NC4CCCCC4)CC3CC2S(=O)(=O)O)C(O)CC1N=NC1CCC(S(=O)(=O)O)CC1. The van der Waals surface area contributed by atoms with Crippen LogP contribution in [-0.2, 0) is 25.0 Å². The molecule has 0 spiro atoms. The summed E-state index contributed by atoms with van der Waals surface area (Å²) < 4.78 is 67.6. The number of azo groups is 2. The molecular formula is C30H52N6O9S2. The lowest BCUT2D eigenvalue weighted by Gasteiger charge is -2.47. The second kappa shape index (κ2) is 15.5. The zero-order chi connectivity index (χ0) is 33.9. The van der Waals surface area contributed by atoms with E-state index in [1.165, 1.54) is 26.2 Å². The Morgan fingerprint density at radius 2 is 1.38 bits per heavy atom. The van der Waals surface area contributed by atoms with Gasteiger partial charge in [-0.05, 0) is 82.5 Å². The molecule has 0 aromatic carbocycles. The fourth-order valence-electron chi connectivity index (χ4n) is 8.73. The minimum atomic E-state index is -4.56. The van der Waals surface area contributed by atoms with Crippen LogP contribution in [0.4, 0.5) is 0 Å². The van der Waals surface area contributed by atoms with E-state index in [0.717, 1.165) is 25.7 Å². The molecule has 6 N–H and O–H groups in total. The molecule has 5 rings (SSSR count). The highest BCUT2D eigenvalue weighted by atomic mass is 32.2. The van der Waals surface area contributed by atoms with Gasteiger partial charge in [0.15, 0.2) is 0 Å². The standard InChI is InChI=1S/C30H52N6O9S2/c1-17(37)31-24-15-26(27(38)16-25(24)34-33-20-7-10-22(11-8-20)46(40,41)42)35-36-29-28(47(43,44)45)14-18-13-21(9-12-23(18)30(29)39)32-19-5-3-2-4-6-19/h18-30,32,38-39H,2-16H2,1H3,(H,31,37)(H,40,41,42)(H,43,44,45). The number of nitrogens with zero attached hydrogens (tertiary/aromatic N) is 4. The van der Waals surface area contributed by atoms with Gasteiger partial charge in [-0.25, -0.2) is 0 Å². The summed E-state index contributed by atoms with van der Waals surface area (Å²) in [6.45, 7) is 1.36. The quantitative estimate of drug-likeness (QED) is 0.151. The maximum absolute atomic E-state index is 12.6. The summed E-state index contributed by atoms with van der Waals surface area (Å²) >= 11 is 0. The number of rotatable bonds is 9. The highest BCUT2D eigenvalue weighted by Crippen LogP contribution is 2.44. The second-order valence-electron chi connectivity index (χ2n) is 14.6. The van der Waals surface area contributed by atoms with Crippen LogP contribution in [0, 0.1) is 11.8 Å². The van der Waals surface area contributed by atoms with Gasteiger partial charge in [0.1, 0.15) is 11.3 Å². The van der Waals surface area contributed by atoms with Gasteiger partial charge in [-0.2, -0.15) is 37.3 Å². The second-order valence-corrected chi connectivity index (χ2v) is 17.9. The number of hydrogen-bond acceptors (Lipinski definition) is 12. The first-order valence-corrected chi connectivity index (χ1v) is 20.3. The Morgan fingerprint density at radius 3 is 2.02 bits per heavy atom. The predicted molar refractivity (Wildman–Crippen MR) is 172 cm³/mol. The van der Waals surface area contributed by atoms with Gasteiger partial charge < -0.3 is 20.8 Å². The molecule has 47 heavy (non-hydrogen) atoms. The number of aliphatic hydroxyl groups excluding tert-OH is 2. The van der Waals surface area contributed by atoms with Crippen LogP contribution in [0.5, 0.6) is 0 Å². The van der Waals surface area contributed by atoms with E-state index in [9.17, 15) is 40.9 Å². The van der Waals surface area contributed by atoms with Crippen molar-refractivity contribution in [3.05, 3.63) is 0 Å². The summed E-state index contributed by atoms with van der Waals surface area (Å²) in [7, 11) is -8.66. The van der Waals surface area contributed by atoms with Crippen LogP contribution in [0.2, 0.25) is 0 Å². The third-order valence-corrected chi connectivity index (χ3v) is 13.8. The first-order chi connectivity index (χ1) is 22.2. The van der Waals surface area contributed by atoms with Gasteiger partial charge >= 0.3 is 0 Å². The maximum Gasteiger partial charge on any atom is 0.270 e. The lowest BCUT2D eigenvalue weighted by Crippen LogP contribution is -2.56. The molecule has 1 amide bonds. The van der Waals surface area contributed by atoms with E-state index in [1.807, 2.05) is 0 Å². The van der Waals surface area contributed by atoms with Crippen molar-refractivity contribution in [2.45, 2.75) is 168 Å². The number of hydrogen-bond donors (Lipinski definition) is 6. The van der Waals surface area contributed by atoms with Crippen LogP contribution in [0.3, 0.4) is 0 Å². The van der Waals surface area contributed by atoms with Crippen LogP contribution in [0.25, 0.3) is 0 Å². The van der Waals surface area contributed by atoms with E-state index in [4.69, 9.17) is 0 Å². The third-order valence-electron chi connectivity index (χ3n) is 11.3. The molecule has 0 bridgehead atoms. The van der Waals surface area contributed by atoms with Gasteiger partial charge in [0.05, 0.1) is 41.6 Å². The summed E-state index contributed by atoms with van der Waals surface area (Å²) in [6.07, 6.45) is 7.91. The lowest BCUT2D eigenvalue weighted by atomic mass is 9.66. The fourth-order valence-corrected chi connectivity index (χ4v) is 10.7. The summed E-state index contributed by atoms with van der Waals surface area (Å²) in [5, 5.41) is 44.3. The number of fused-ring (bicyclic) bond motifs is 1. The Hall–Kier alpha value is -1.63. The molecular weight excluding hydrogens is 652 g/mol. The van der Waals surface area contributed by atoms with Crippen LogP contribution < -0.4 is 10.6 Å². The van der Waals surface area contributed by atoms with Gasteiger partial charge in [-0.15, -0.1) is 0 Å². The summed E-state index contributed by atoms with van der Waals surface area (Å²) in [5.74, 6) is -0.580. The summed E-state index contributed by atoms with van der Waals surface area (Å²) in [4.78, 5) is 12.0. The molecule has 5 aliphatic rings. The Balaban J connectivity index is 1.23. The minimum absolute atomic E-state index is 0.0863. The van der Waals surface area contributed by atoms with Crippen molar-refractivity contribution in [1.29, 1.82) is 0 Å². The van der Waals surface area contributed by atoms with E-state index in [1.54, 1.807) is 0 Å². The van der Waals surface area contributed by atoms with Gasteiger partial charge in [-0.1, -0.05) is 19.3 Å². The normalized spacial score (nSPS) is 41.1. The van der Waals surface area contributed by atoms with E-state index in [2.05, 4.69) is 31.1 Å². The van der Waals surface area contributed by atoms with Gasteiger partial charge in [0.25, 0.3) is 20.2 Å². The zero-order valence-electron chi connectivity index (χ0n) is 27.0. The predicted octanol–water partition coefficient (Wildman–Crippen LogP) is 2.58. The molecule has 0 heterocycles. The minimum Gasteiger partial charge on any atom is -0.391 e. The Morgan fingerprint density at radius 1 is 0.702 bits per heavy atom. The molecule has 15 nitrogen and oxygen atoms in total. The van der Waals surface area contributed by atoms with Crippen molar-refractivity contribution in [1.82, 2.24) is 10.6 Å². The zero-order valence-corrected chi connectivity index (χ0v) is 28.7. The monoisotopic (exact) mass is 704 g/mol. The lowest BCUT2D eigenvalue weighted by molar-refractivity contribution is -0.120. The molecule has 0 saturated heterocycles. The largest absolute Gasteiger partial charge is 0.391 e. The molecule has 10 unspecified atom stereocenters. The average molecular weight is 705 g/mol. The van der Waals surface area contributed by atoms with Crippen LogP contribution in [0.15, 0.2) is 20.5 Å². The van der Waals surface area contributed by atoms with Crippen molar-refractivity contribution in [3.63, 3.8) is 0 Å². The van der Waals surface area contributed by atoms with Crippen molar-refractivity contribution < 1.29 is 40.9 Å². The number of carbonyl (C=O) groups is 1. The van der Waals surface area contributed by atoms with Crippen molar-refractivity contribution in [2.75, 3.05) is 0 Å². The maximum atomic E-state index is 12.6. The van der Waals surface area contributed by atoms with Crippen LogP contribution in [0.1, 0.15) is 103 Å². The van der Waals surface area contributed by atoms with Crippen LogP contribution in [-0.4, -0.2) is 107 Å². The van der Waals surface area contributed by atoms with E-state index >= 15 is 0 Å². The Bertz CT molecular complexity index is 1350. The van der Waals surface area contributed by atoms with E-state index < -0.39 is 67.1 Å². The Kier molecular flexibility index (Phi) is 12.1. The number of aliphatic hydroxyl groups is 2. The fraction of sp³-hybridized carbons (Fsp3) is 0.967. The van der Waals surface area contributed by atoms with Gasteiger partial charge in [0, 0.05) is 25.4 Å². The Labute approximate surface area is 277 Å². The molecule has 17 heteroatoms. The molecule has 0 aromatic rings. The summed E-state index contributed by atoms with van der Waals surface area (Å²) in [6, 6.07) is -2.66. The van der Waals surface area contributed by atoms with Gasteiger partial charge in [0.2, 0.25) is 5.91 Å². The molecule has 0 aromatic heterocycles. The van der Waals surface area contributed by atoms with Crippen molar-refractivity contribution in [2.24, 2.45) is 32.3 Å². The molecule has 5 fully saturated rings. The van der Waals surface area contributed by atoms with Gasteiger partial charge in [-0.3, -0.25) is 13.9 Å². The van der Waals surface area contributed by atoms with Crippen LogP contribution >= 0.6 is 0 Å². The smallest absolute Gasteiger partial charge is 0.270 e. The molecule has 10 atom stereocenters. The molecule has 0 radical (unpaired) electrons. The van der Waals surface area contributed by atoms with Crippen molar-refractivity contribution >= 4 is 26.1 Å². The number of carbonyl (C=O) groups excluding carboxylic acids is 1. The molecule has 268 valence electrons. The highest BCUT2D eigenvalue weighted by molar-refractivity contribution is 7.86. The summed E-state index contributed by atoms with van der Waals surface area (Å²) in [5.41, 5.74) is 0. The van der Waals surface area contributed by atoms with E-state index in [-0.39, 0.29) is 61.9 Å². The first-order valence-electron chi connectivity index (χ1n) is 17.3. The topological polar surface area (TPSA) is 240 Å². The third kappa shape index (κ3) is 9.54. The number of amides is 1. The highest BCUT2D eigenvalue weighted by Gasteiger charge is 2.51. The van der Waals surface area contributed by atoms with Crippen molar-refractivity contribution in [3.8, 4) is 0 Å².